The molecule has 0 saturated heterocycles. The van der Waals surface area contributed by atoms with Gasteiger partial charge in [0, 0.05) is 31.0 Å². The van der Waals surface area contributed by atoms with E-state index in [-0.39, 0.29) is 23.0 Å². The lowest BCUT2D eigenvalue weighted by molar-refractivity contribution is -0.113. The van der Waals surface area contributed by atoms with Crippen LogP contribution in [0.5, 0.6) is 0 Å². The van der Waals surface area contributed by atoms with E-state index in [1.165, 1.54) is 24.3 Å². The van der Waals surface area contributed by atoms with Gasteiger partial charge in [0.05, 0.1) is 16.7 Å². The molecular weight excluding hydrogens is 417 g/mol. The molecule has 1 amide bonds. The smallest absolute Gasteiger partial charge is 0.262 e. The Kier molecular flexibility index (Phi) is 7.24. The topological polar surface area (TPSA) is 73.2 Å². The molecule has 0 fully saturated rings. The van der Waals surface area contributed by atoms with Crippen LogP contribution in [0.1, 0.15) is 6.42 Å². The molecule has 29 heavy (non-hydrogen) atoms. The number of hydrogen-bond acceptors (Lipinski definition) is 5. The van der Waals surface area contributed by atoms with Crippen LogP contribution in [0, 0.1) is 5.82 Å². The van der Waals surface area contributed by atoms with Gasteiger partial charge in [0.15, 0.2) is 5.16 Å². The summed E-state index contributed by atoms with van der Waals surface area (Å²) < 4.78 is 19.6. The number of anilines is 1. The van der Waals surface area contributed by atoms with Gasteiger partial charge < -0.3 is 10.1 Å². The SMILES string of the molecule is COCCCn1c(SCC(=O)Nc2ccc(F)cc2)nc2cc(Cl)ccc2c1=O. The molecule has 1 N–H and O–H groups in total. The lowest BCUT2D eigenvalue weighted by atomic mass is 10.2. The summed E-state index contributed by atoms with van der Waals surface area (Å²) in [7, 11) is 1.60. The molecule has 6 nitrogen and oxygen atoms in total. The Morgan fingerprint density at radius 2 is 2.03 bits per heavy atom. The molecule has 0 bridgehead atoms. The van der Waals surface area contributed by atoms with E-state index in [9.17, 15) is 14.0 Å². The van der Waals surface area contributed by atoms with Crippen LogP contribution < -0.4 is 10.9 Å². The maximum absolute atomic E-state index is 13.0. The molecule has 0 aliphatic rings. The van der Waals surface area contributed by atoms with Crippen molar-refractivity contribution < 1.29 is 13.9 Å². The molecule has 0 unspecified atom stereocenters. The molecule has 0 atom stereocenters. The van der Waals surface area contributed by atoms with Crippen molar-refractivity contribution in [2.45, 2.75) is 18.1 Å². The predicted octanol–water partition coefficient (Wildman–Crippen LogP) is 3.96. The summed E-state index contributed by atoms with van der Waals surface area (Å²) >= 11 is 7.18. The molecular formula is C20H19ClFN3O3S. The van der Waals surface area contributed by atoms with E-state index in [4.69, 9.17) is 16.3 Å². The van der Waals surface area contributed by atoms with Crippen LogP contribution >= 0.6 is 23.4 Å². The first-order valence-electron chi connectivity index (χ1n) is 8.85. The van der Waals surface area contributed by atoms with Crippen molar-refractivity contribution in [1.29, 1.82) is 0 Å². The van der Waals surface area contributed by atoms with Crippen LogP contribution in [0.2, 0.25) is 5.02 Å². The third kappa shape index (κ3) is 5.56. The van der Waals surface area contributed by atoms with Gasteiger partial charge in [0.25, 0.3) is 5.56 Å². The summed E-state index contributed by atoms with van der Waals surface area (Å²) in [5, 5.41) is 4.06. The Labute approximate surface area is 176 Å². The van der Waals surface area contributed by atoms with Crippen LogP contribution in [-0.4, -0.2) is 34.9 Å². The van der Waals surface area contributed by atoms with Gasteiger partial charge in [-0.05, 0) is 48.9 Å². The van der Waals surface area contributed by atoms with Gasteiger partial charge in [-0.15, -0.1) is 0 Å². The Balaban J connectivity index is 1.81. The first kappa shape index (κ1) is 21.3. The molecule has 152 valence electrons. The average Bonchev–Trinajstić information content (AvgIpc) is 2.70. The number of nitrogens with zero attached hydrogens (tertiary/aromatic N) is 2. The van der Waals surface area contributed by atoms with E-state index >= 15 is 0 Å². The van der Waals surface area contributed by atoms with Crippen LogP contribution in [0.3, 0.4) is 0 Å². The van der Waals surface area contributed by atoms with Crippen molar-refractivity contribution in [1.82, 2.24) is 9.55 Å². The molecule has 2 aromatic carbocycles. The van der Waals surface area contributed by atoms with Gasteiger partial charge in [-0.25, -0.2) is 9.37 Å². The van der Waals surface area contributed by atoms with Crippen molar-refractivity contribution in [3.63, 3.8) is 0 Å². The van der Waals surface area contributed by atoms with Crippen molar-refractivity contribution in [2.24, 2.45) is 0 Å². The van der Waals surface area contributed by atoms with Gasteiger partial charge in [-0.1, -0.05) is 23.4 Å². The molecule has 3 rings (SSSR count). The van der Waals surface area contributed by atoms with E-state index in [1.54, 1.807) is 29.9 Å². The summed E-state index contributed by atoms with van der Waals surface area (Å²) in [6, 6.07) is 10.4. The van der Waals surface area contributed by atoms with E-state index in [0.717, 1.165) is 11.8 Å². The maximum atomic E-state index is 13.0. The number of thioether (sulfide) groups is 1. The number of benzene rings is 2. The number of carbonyl (C=O) groups is 1. The van der Waals surface area contributed by atoms with Crippen LogP contribution in [0.25, 0.3) is 10.9 Å². The molecule has 1 aromatic heterocycles. The van der Waals surface area contributed by atoms with Gasteiger partial charge in [-0.2, -0.15) is 0 Å². The minimum absolute atomic E-state index is 0.0418. The van der Waals surface area contributed by atoms with Gasteiger partial charge in [-0.3, -0.25) is 14.2 Å². The number of hydrogen-bond donors (Lipinski definition) is 1. The van der Waals surface area contributed by atoms with Gasteiger partial charge >= 0.3 is 0 Å². The highest BCUT2D eigenvalue weighted by Gasteiger charge is 2.14. The fourth-order valence-corrected chi connectivity index (χ4v) is 3.70. The van der Waals surface area contributed by atoms with E-state index in [2.05, 4.69) is 10.3 Å². The second kappa shape index (κ2) is 9.87. The van der Waals surface area contributed by atoms with Crippen molar-refractivity contribution in [3.05, 3.63) is 63.7 Å². The zero-order valence-corrected chi connectivity index (χ0v) is 17.2. The predicted molar refractivity (Wildman–Crippen MR) is 113 cm³/mol. The number of carbonyl (C=O) groups excluding carboxylic acids is 1. The number of methoxy groups -OCH3 is 1. The van der Waals surface area contributed by atoms with Gasteiger partial charge in [0.2, 0.25) is 5.91 Å². The Morgan fingerprint density at radius 3 is 2.76 bits per heavy atom. The summed E-state index contributed by atoms with van der Waals surface area (Å²) in [6.45, 7) is 0.917. The molecule has 9 heteroatoms. The Hall–Kier alpha value is -2.42. The largest absolute Gasteiger partial charge is 0.385 e. The fraction of sp³-hybridized carbons (Fsp3) is 0.250. The highest BCUT2D eigenvalue weighted by Crippen LogP contribution is 2.21. The Morgan fingerprint density at radius 1 is 1.28 bits per heavy atom. The molecule has 0 saturated carbocycles. The number of nitrogens with one attached hydrogen (secondary N) is 1. The first-order chi connectivity index (χ1) is 14.0. The quantitative estimate of drug-likeness (QED) is 0.329. The number of amides is 1. The summed E-state index contributed by atoms with van der Waals surface area (Å²) in [5.74, 6) is -0.623. The average molecular weight is 436 g/mol. The third-order valence-electron chi connectivity index (χ3n) is 4.07. The van der Waals surface area contributed by atoms with Crippen LogP contribution in [-0.2, 0) is 16.1 Å². The van der Waals surface area contributed by atoms with Crippen molar-refractivity contribution in [3.8, 4) is 0 Å². The van der Waals surface area contributed by atoms with Crippen LogP contribution in [0.4, 0.5) is 10.1 Å². The zero-order valence-electron chi connectivity index (χ0n) is 15.7. The summed E-state index contributed by atoms with van der Waals surface area (Å²) in [6.07, 6.45) is 0.631. The molecule has 0 aliphatic carbocycles. The fourth-order valence-electron chi connectivity index (χ4n) is 2.71. The lowest BCUT2D eigenvalue weighted by Crippen LogP contribution is -2.25. The third-order valence-corrected chi connectivity index (χ3v) is 5.28. The lowest BCUT2D eigenvalue weighted by Gasteiger charge is -2.13. The first-order valence-corrected chi connectivity index (χ1v) is 10.2. The second-order valence-electron chi connectivity index (χ2n) is 6.20. The van der Waals surface area contributed by atoms with Crippen LogP contribution in [0.15, 0.2) is 52.4 Å². The van der Waals surface area contributed by atoms with E-state index in [0.29, 0.717) is 46.3 Å². The molecule has 0 spiro atoms. The maximum Gasteiger partial charge on any atom is 0.262 e. The Bertz CT molecular complexity index is 1070. The van der Waals surface area contributed by atoms with E-state index in [1.807, 2.05) is 0 Å². The number of halogens is 2. The standard InChI is InChI=1S/C20H19ClFN3O3S/c1-28-10-2-9-25-19(27)16-8-3-13(21)11-17(16)24-20(25)29-12-18(26)23-15-6-4-14(22)5-7-15/h3-8,11H,2,9-10,12H2,1H3,(H,23,26). The number of aromatic nitrogens is 2. The van der Waals surface area contributed by atoms with Crippen molar-refractivity contribution >= 4 is 45.9 Å². The minimum Gasteiger partial charge on any atom is -0.385 e. The monoisotopic (exact) mass is 435 g/mol. The van der Waals surface area contributed by atoms with Crippen molar-refractivity contribution in [2.75, 3.05) is 24.8 Å². The molecule has 1 heterocycles. The normalized spacial score (nSPS) is 11.0. The molecule has 0 radical (unpaired) electrons. The highest BCUT2D eigenvalue weighted by molar-refractivity contribution is 7.99. The summed E-state index contributed by atoms with van der Waals surface area (Å²) in [4.78, 5) is 29.7. The second-order valence-corrected chi connectivity index (χ2v) is 7.58. The van der Waals surface area contributed by atoms with Gasteiger partial charge in [0.1, 0.15) is 5.82 Å². The summed E-state index contributed by atoms with van der Waals surface area (Å²) in [5.41, 5.74) is 0.781. The number of rotatable bonds is 8. The molecule has 3 aromatic rings. The highest BCUT2D eigenvalue weighted by atomic mass is 35.5. The zero-order chi connectivity index (χ0) is 20.8. The minimum atomic E-state index is -0.378. The van der Waals surface area contributed by atoms with E-state index < -0.39 is 0 Å². The molecule has 0 aliphatic heterocycles. The number of ether oxygens (including phenoxy) is 1. The number of fused-ring (bicyclic) bond motifs is 1.